The number of aromatic nitrogens is 1. The highest BCUT2D eigenvalue weighted by Crippen LogP contribution is 2.37. The van der Waals surface area contributed by atoms with Crippen molar-refractivity contribution < 1.29 is 23.7 Å². The highest BCUT2D eigenvalue weighted by atomic mass is 127. The zero-order valence-corrected chi connectivity index (χ0v) is 28.9. The Morgan fingerprint density at radius 3 is 2.32 bits per heavy atom. The van der Waals surface area contributed by atoms with Gasteiger partial charge in [0.2, 0.25) is 0 Å². The van der Waals surface area contributed by atoms with Gasteiger partial charge in [0.05, 0.1) is 46.2 Å². The van der Waals surface area contributed by atoms with Crippen molar-refractivity contribution in [1.29, 1.82) is 0 Å². The van der Waals surface area contributed by atoms with Crippen molar-refractivity contribution in [2.75, 3.05) is 20.8 Å². The minimum atomic E-state index is -0.781. The highest BCUT2D eigenvalue weighted by Gasteiger charge is 2.35. The fraction of sp³-hybridized carbons (Fsp3) is 0.162. The van der Waals surface area contributed by atoms with Gasteiger partial charge in [-0.05, 0) is 76.5 Å². The monoisotopic (exact) mass is 758 g/mol. The predicted octanol–water partition coefficient (Wildman–Crippen LogP) is 6.14. The molecule has 5 aromatic rings. The largest absolute Gasteiger partial charge is 0.497 e. The number of ether oxygens (including phenoxy) is 4. The number of esters is 1. The van der Waals surface area contributed by atoms with E-state index in [2.05, 4.69) is 22.6 Å². The molecule has 1 atom stereocenters. The fourth-order valence-electron chi connectivity index (χ4n) is 5.39. The SMILES string of the molecule is CCOC(=O)C1=C(c2ccccc2)N=c2s/c(=C\c3cc(I)c(OCc4ccccc4)c(OC)c3)c(=O)n2C1c1ccc(OC)cc1. The first-order valence-electron chi connectivity index (χ1n) is 14.9. The van der Waals surface area contributed by atoms with Gasteiger partial charge < -0.3 is 18.9 Å². The number of hydrogen-bond acceptors (Lipinski definition) is 8. The molecule has 2 heterocycles. The summed E-state index contributed by atoms with van der Waals surface area (Å²) in [7, 11) is 3.18. The van der Waals surface area contributed by atoms with Crippen molar-refractivity contribution in [1.82, 2.24) is 4.57 Å². The van der Waals surface area contributed by atoms with Crippen molar-refractivity contribution in [3.05, 3.63) is 148 Å². The lowest BCUT2D eigenvalue weighted by Gasteiger charge is -2.26. The maximum Gasteiger partial charge on any atom is 0.338 e. The van der Waals surface area contributed by atoms with E-state index in [9.17, 15) is 9.59 Å². The molecule has 238 valence electrons. The van der Waals surface area contributed by atoms with E-state index in [1.54, 1.807) is 25.7 Å². The number of methoxy groups -OCH3 is 2. The minimum absolute atomic E-state index is 0.176. The predicted molar refractivity (Wildman–Crippen MR) is 191 cm³/mol. The summed E-state index contributed by atoms with van der Waals surface area (Å²) in [6, 6.07) is 29.7. The summed E-state index contributed by atoms with van der Waals surface area (Å²) in [6.07, 6.45) is 1.82. The molecule has 0 amide bonds. The zero-order valence-electron chi connectivity index (χ0n) is 25.9. The minimum Gasteiger partial charge on any atom is -0.497 e. The van der Waals surface area contributed by atoms with Crippen molar-refractivity contribution in [2.24, 2.45) is 4.99 Å². The Kier molecular flexibility index (Phi) is 9.88. The average Bonchev–Trinajstić information content (AvgIpc) is 3.41. The Hall–Kier alpha value is -4.68. The summed E-state index contributed by atoms with van der Waals surface area (Å²) in [6.45, 7) is 2.32. The van der Waals surface area contributed by atoms with Crippen LogP contribution in [0.15, 0.2) is 112 Å². The van der Waals surface area contributed by atoms with Crippen molar-refractivity contribution in [3.63, 3.8) is 0 Å². The van der Waals surface area contributed by atoms with Crippen molar-refractivity contribution in [2.45, 2.75) is 19.6 Å². The van der Waals surface area contributed by atoms with Crippen LogP contribution in [0.25, 0.3) is 11.8 Å². The number of carbonyl (C=O) groups is 1. The van der Waals surface area contributed by atoms with Gasteiger partial charge in [-0.1, -0.05) is 84.1 Å². The van der Waals surface area contributed by atoms with Crippen LogP contribution in [0.5, 0.6) is 17.2 Å². The van der Waals surface area contributed by atoms with E-state index >= 15 is 0 Å². The van der Waals surface area contributed by atoms with Crippen LogP contribution < -0.4 is 29.1 Å². The number of fused-ring (bicyclic) bond motifs is 1. The number of rotatable bonds is 10. The summed E-state index contributed by atoms with van der Waals surface area (Å²) in [5.74, 6) is 1.31. The van der Waals surface area contributed by atoms with Crippen LogP contribution in [0.1, 0.15) is 35.2 Å². The average molecular weight is 759 g/mol. The van der Waals surface area contributed by atoms with Crippen molar-refractivity contribution >= 4 is 51.7 Å². The summed E-state index contributed by atoms with van der Waals surface area (Å²) < 4.78 is 25.7. The molecular weight excluding hydrogens is 727 g/mol. The molecule has 47 heavy (non-hydrogen) atoms. The second-order valence-corrected chi connectivity index (χ2v) is 12.7. The summed E-state index contributed by atoms with van der Waals surface area (Å²) in [4.78, 5) is 33.4. The summed E-state index contributed by atoms with van der Waals surface area (Å²) in [5, 5.41) is 0. The molecule has 0 spiro atoms. The lowest BCUT2D eigenvalue weighted by molar-refractivity contribution is -0.138. The Morgan fingerprint density at radius 2 is 1.66 bits per heavy atom. The van der Waals surface area contributed by atoms with Gasteiger partial charge >= 0.3 is 5.97 Å². The molecule has 1 aliphatic heterocycles. The van der Waals surface area contributed by atoms with Gasteiger partial charge in [-0.25, -0.2) is 9.79 Å². The lowest BCUT2D eigenvalue weighted by atomic mass is 9.93. The summed E-state index contributed by atoms with van der Waals surface area (Å²) >= 11 is 3.48. The fourth-order valence-corrected chi connectivity index (χ4v) is 7.17. The topological polar surface area (TPSA) is 88.4 Å². The maximum atomic E-state index is 14.3. The number of carbonyl (C=O) groups excluding carboxylic acids is 1. The molecule has 0 fully saturated rings. The molecule has 10 heteroatoms. The molecule has 0 N–H and O–H groups in total. The van der Waals surface area contributed by atoms with Gasteiger partial charge in [0.1, 0.15) is 12.4 Å². The number of thiazole rings is 1. The van der Waals surface area contributed by atoms with Crippen molar-refractivity contribution in [3.8, 4) is 17.2 Å². The molecule has 0 saturated heterocycles. The number of benzene rings is 4. The first-order chi connectivity index (χ1) is 22.9. The van der Waals surface area contributed by atoms with Gasteiger partial charge in [-0.15, -0.1) is 0 Å². The van der Waals surface area contributed by atoms with Gasteiger partial charge in [-0.2, -0.15) is 0 Å². The van der Waals surface area contributed by atoms with E-state index in [0.717, 1.165) is 25.8 Å². The quantitative estimate of drug-likeness (QED) is 0.126. The van der Waals surface area contributed by atoms with Gasteiger partial charge in [0, 0.05) is 5.56 Å². The molecule has 4 aromatic carbocycles. The molecule has 1 aromatic heterocycles. The smallest absolute Gasteiger partial charge is 0.338 e. The van der Waals surface area contributed by atoms with E-state index in [-0.39, 0.29) is 12.2 Å². The summed E-state index contributed by atoms with van der Waals surface area (Å²) in [5.41, 5.74) is 3.75. The van der Waals surface area contributed by atoms with E-state index < -0.39 is 12.0 Å². The molecule has 1 unspecified atom stereocenters. The molecule has 8 nitrogen and oxygen atoms in total. The number of nitrogens with zero attached hydrogens (tertiary/aromatic N) is 2. The third-order valence-corrected chi connectivity index (χ3v) is 9.36. The van der Waals surface area contributed by atoms with Crippen LogP contribution in [-0.2, 0) is 16.1 Å². The zero-order chi connectivity index (χ0) is 32.9. The Morgan fingerprint density at radius 1 is 0.957 bits per heavy atom. The van der Waals surface area contributed by atoms with Gasteiger partial charge in [0.25, 0.3) is 5.56 Å². The molecule has 0 saturated carbocycles. The molecule has 6 rings (SSSR count). The third-order valence-electron chi connectivity index (χ3n) is 7.58. The van der Waals surface area contributed by atoms with Crippen LogP contribution in [0.2, 0.25) is 0 Å². The van der Waals surface area contributed by atoms with E-state index in [4.69, 9.17) is 23.9 Å². The first kappa shape index (κ1) is 32.3. The molecule has 1 aliphatic rings. The molecular formula is C37H31IN2O6S. The molecule has 0 aliphatic carbocycles. The highest BCUT2D eigenvalue weighted by molar-refractivity contribution is 14.1. The van der Waals surface area contributed by atoms with Crippen LogP contribution in [0.4, 0.5) is 0 Å². The van der Waals surface area contributed by atoms with Gasteiger partial charge in [-0.3, -0.25) is 9.36 Å². The van der Waals surface area contributed by atoms with Crippen LogP contribution in [0, 0.1) is 3.57 Å². The third kappa shape index (κ3) is 6.75. The number of halogens is 1. The van der Waals surface area contributed by atoms with Crippen LogP contribution in [-0.4, -0.2) is 31.4 Å². The first-order valence-corrected chi connectivity index (χ1v) is 16.8. The lowest BCUT2D eigenvalue weighted by Crippen LogP contribution is -2.40. The Balaban J connectivity index is 1.50. The Bertz CT molecular complexity index is 2120. The normalized spacial score (nSPS) is 14.3. The second kappa shape index (κ2) is 14.4. The molecule has 0 radical (unpaired) electrons. The van der Waals surface area contributed by atoms with Gasteiger partial charge in [0.15, 0.2) is 16.3 Å². The maximum absolute atomic E-state index is 14.3. The molecule has 0 bridgehead atoms. The number of hydrogen-bond donors (Lipinski definition) is 0. The second-order valence-electron chi connectivity index (χ2n) is 10.5. The standard InChI is InChI=1S/C37H31IN2O6S/c1-4-45-36(42)31-32(25-13-9-6-10-14-25)39-37-40(33(31)26-15-17-27(43-2)18-16-26)35(41)30(47-37)21-24-19-28(38)34(29(20-24)44-3)46-22-23-11-7-5-8-12-23/h5-21,33H,4,22H2,1-3H3/b30-21-. The Labute approximate surface area is 289 Å². The van der Waals surface area contributed by atoms with E-state index in [1.165, 1.54) is 11.3 Å². The van der Waals surface area contributed by atoms with E-state index in [0.29, 0.717) is 44.5 Å². The van der Waals surface area contributed by atoms with Crippen LogP contribution in [0.3, 0.4) is 0 Å². The van der Waals surface area contributed by atoms with E-state index in [1.807, 2.05) is 103 Å². The van der Waals surface area contributed by atoms with Crippen LogP contribution >= 0.6 is 33.9 Å².